The van der Waals surface area contributed by atoms with Crippen LogP contribution >= 0.6 is 34.8 Å². The molecule has 4 rings (SSSR count). The molecule has 1 aliphatic carbocycles. The fourth-order valence-corrected chi connectivity index (χ4v) is 5.41. The van der Waals surface area contributed by atoms with Crippen LogP contribution in [0.1, 0.15) is 48.2 Å². The Hall–Kier alpha value is -3.68. The maximum Gasteiger partial charge on any atom is 0.419 e. The molecule has 16 heteroatoms. The van der Waals surface area contributed by atoms with Crippen molar-refractivity contribution >= 4 is 69.8 Å². The molecule has 3 N–H and O–H groups in total. The van der Waals surface area contributed by atoms with Crippen LogP contribution in [0.15, 0.2) is 48.5 Å². The zero-order valence-electron chi connectivity index (χ0n) is 23.3. The van der Waals surface area contributed by atoms with E-state index in [1.54, 1.807) is 20.8 Å². The molecule has 45 heavy (non-hydrogen) atoms. The topological polar surface area (TPSA) is 96.5 Å². The van der Waals surface area contributed by atoms with Gasteiger partial charge in [-0.25, -0.2) is 18.0 Å². The van der Waals surface area contributed by atoms with Gasteiger partial charge < -0.3 is 15.4 Å². The van der Waals surface area contributed by atoms with Crippen LogP contribution in [-0.2, 0) is 15.7 Å². The molecular formula is C29H22Cl3F6N3O4. The number of ether oxygens (including phenoxy) is 1. The van der Waals surface area contributed by atoms with E-state index in [1.165, 1.54) is 12.1 Å². The lowest BCUT2D eigenvalue weighted by Crippen LogP contribution is -2.27. The number of carbonyl (C=O) groups excluding carboxylic acids is 3. The van der Waals surface area contributed by atoms with Gasteiger partial charge in [0, 0.05) is 11.6 Å². The molecule has 0 saturated heterocycles. The van der Waals surface area contributed by atoms with E-state index in [1.807, 2.05) is 5.32 Å². The molecule has 0 heterocycles. The zero-order chi connectivity index (χ0) is 33.6. The number of anilines is 3. The molecule has 7 nitrogen and oxygen atoms in total. The first-order valence-corrected chi connectivity index (χ1v) is 14.0. The van der Waals surface area contributed by atoms with Crippen LogP contribution in [0.2, 0.25) is 5.02 Å². The molecule has 2 atom stereocenters. The molecule has 3 amide bonds. The minimum absolute atomic E-state index is 0.0549. The lowest BCUT2D eigenvalue weighted by Gasteiger charge is -2.20. The Bertz CT molecular complexity index is 1690. The third-order valence-corrected chi connectivity index (χ3v) is 7.70. The van der Waals surface area contributed by atoms with Crippen molar-refractivity contribution in [2.45, 2.75) is 42.8 Å². The van der Waals surface area contributed by atoms with Crippen LogP contribution in [0, 0.1) is 23.4 Å². The highest BCUT2D eigenvalue weighted by Gasteiger charge is 2.67. The van der Waals surface area contributed by atoms with Crippen molar-refractivity contribution in [2.75, 3.05) is 16.0 Å². The lowest BCUT2D eigenvalue weighted by atomic mass is 10.0. The van der Waals surface area contributed by atoms with Gasteiger partial charge in [-0.3, -0.25) is 14.9 Å². The fourth-order valence-electron chi connectivity index (χ4n) is 4.38. The fraction of sp³-hybridized carbons (Fsp3) is 0.276. The Kier molecular flexibility index (Phi) is 9.31. The zero-order valence-corrected chi connectivity index (χ0v) is 25.6. The molecule has 0 spiro atoms. The summed E-state index contributed by atoms with van der Waals surface area (Å²) >= 11 is 18.6. The van der Waals surface area contributed by atoms with Crippen LogP contribution in [-0.4, -0.2) is 27.8 Å². The van der Waals surface area contributed by atoms with Gasteiger partial charge in [0.05, 0.1) is 27.8 Å². The van der Waals surface area contributed by atoms with Crippen molar-refractivity contribution in [1.82, 2.24) is 0 Å². The quantitative estimate of drug-likeness (QED) is 0.177. The molecule has 1 aliphatic rings. The first kappa shape index (κ1) is 34.2. The lowest BCUT2D eigenvalue weighted by molar-refractivity contribution is -0.140. The highest BCUT2D eigenvalue weighted by atomic mass is 35.5. The van der Waals surface area contributed by atoms with Gasteiger partial charge in [-0.1, -0.05) is 17.7 Å². The number of amides is 3. The largest absolute Gasteiger partial charge is 0.444 e. The highest BCUT2D eigenvalue weighted by Crippen LogP contribution is 2.65. The molecule has 1 saturated carbocycles. The third-order valence-electron chi connectivity index (χ3n) is 6.43. The van der Waals surface area contributed by atoms with E-state index < -0.39 is 80.2 Å². The van der Waals surface area contributed by atoms with Gasteiger partial charge >= 0.3 is 12.3 Å². The minimum atomic E-state index is -5.00. The molecule has 0 radical (unpaired) electrons. The van der Waals surface area contributed by atoms with Crippen LogP contribution in [0.25, 0.3) is 0 Å². The molecule has 1 fully saturated rings. The van der Waals surface area contributed by atoms with E-state index in [0.717, 1.165) is 24.3 Å². The number of rotatable bonds is 6. The summed E-state index contributed by atoms with van der Waals surface area (Å²) in [6.07, 6.45) is -6.04. The van der Waals surface area contributed by atoms with Gasteiger partial charge in [0.15, 0.2) is 5.82 Å². The summed E-state index contributed by atoms with van der Waals surface area (Å²) in [6, 6.07) is 7.38. The van der Waals surface area contributed by atoms with E-state index in [-0.39, 0.29) is 21.8 Å². The van der Waals surface area contributed by atoms with E-state index in [9.17, 15) is 36.3 Å². The molecule has 0 unspecified atom stereocenters. The predicted molar refractivity (Wildman–Crippen MR) is 156 cm³/mol. The Morgan fingerprint density at radius 1 is 0.867 bits per heavy atom. The van der Waals surface area contributed by atoms with Crippen LogP contribution in [0.3, 0.4) is 0 Å². The highest BCUT2D eigenvalue weighted by molar-refractivity contribution is 6.53. The number of nitrogens with one attached hydrogen (secondary N) is 3. The molecule has 0 aliphatic heterocycles. The Morgan fingerprint density at radius 2 is 1.51 bits per heavy atom. The molecular weight excluding hydrogens is 675 g/mol. The first-order valence-electron chi connectivity index (χ1n) is 12.8. The maximum absolute atomic E-state index is 15.1. The van der Waals surface area contributed by atoms with Crippen LogP contribution in [0.5, 0.6) is 0 Å². The smallest absolute Gasteiger partial charge is 0.419 e. The summed E-state index contributed by atoms with van der Waals surface area (Å²) in [5, 5.41) is 6.39. The van der Waals surface area contributed by atoms with Gasteiger partial charge in [-0.2, -0.15) is 13.2 Å². The number of alkyl halides is 5. The Labute approximate surface area is 267 Å². The van der Waals surface area contributed by atoms with Crippen molar-refractivity contribution in [3.63, 3.8) is 0 Å². The average Bonchev–Trinajstić information content (AvgIpc) is 3.49. The van der Waals surface area contributed by atoms with Crippen molar-refractivity contribution < 1.29 is 45.5 Å². The molecule has 240 valence electrons. The van der Waals surface area contributed by atoms with Crippen molar-refractivity contribution in [2.24, 2.45) is 5.92 Å². The van der Waals surface area contributed by atoms with Gasteiger partial charge in [-0.15, -0.1) is 23.2 Å². The summed E-state index contributed by atoms with van der Waals surface area (Å²) in [5.41, 5.74) is -4.42. The Balaban J connectivity index is 1.52. The molecule has 3 aromatic carbocycles. The number of hydrogen-bond acceptors (Lipinski definition) is 4. The standard InChI is InChI=1S/C29H22Cl3F6N3O4/c1-27(2,3)45-26(44)40-19-9-8-18(34)23(22(19)35)41-24(42)14-11-13(5-6-16(14)30)39-25(43)21-20(28(21,31)32)12-4-7-17(33)15(10-12)29(36,37)38/h4-11,20-21H,1-3H3,(H,39,43)(H,40,44)(H,41,42)/t20-,21+/m0/s1. The second-order valence-corrected chi connectivity index (χ2v) is 12.8. The summed E-state index contributed by atoms with van der Waals surface area (Å²) < 4.78 is 86.2. The summed E-state index contributed by atoms with van der Waals surface area (Å²) in [7, 11) is 0. The van der Waals surface area contributed by atoms with Crippen molar-refractivity contribution in [1.29, 1.82) is 0 Å². The summed E-state index contributed by atoms with van der Waals surface area (Å²) in [4.78, 5) is 38.1. The van der Waals surface area contributed by atoms with E-state index >= 15 is 4.39 Å². The molecule has 0 aromatic heterocycles. The summed E-state index contributed by atoms with van der Waals surface area (Å²) in [5.74, 6) is -8.40. The SMILES string of the molecule is CC(C)(C)OC(=O)Nc1ccc(F)c(NC(=O)c2cc(NC(=O)[C@H]3[C@H](c4ccc(F)c(C(F)(F)F)c4)C3(Cl)Cl)ccc2Cl)c1F. The molecule has 0 bridgehead atoms. The second-order valence-electron chi connectivity index (χ2n) is 10.9. The maximum atomic E-state index is 15.1. The van der Waals surface area contributed by atoms with Gasteiger partial charge in [0.1, 0.15) is 27.3 Å². The average molecular weight is 697 g/mol. The van der Waals surface area contributed by atoms with Crippen LogP contribution in [0.4, 0.5) is 48.2 Å². The van der Waals surface area contributed by atoms with Gasteiger partial charge in [-0.05, 0) is 68.8 Å². The van der Waals surface area contributed by atoms with Gasteiger partial charge in [0.25, 0.3) is 5.91 Å². The normalized spacial score (nSPS) is 17.3. The van der Waals surface area contributed by atoms with Crippen LogP contribution < -0.4 is 16.0 Å². The second kappa shape index (κ2) is 12.3. The number of carbonyl (C=O) groups is 3. The van der Waals surface area contributed by atoms with E-state index in [2.05, 4.69) is 10.6 Å². The first-order chi connectivity index (χ1) is 20.7. The van der Waals surface area contributed by atoms with Gasteiger partial charge in [0.2, 0.25) is 5.91 Å². The predicted octanol–water partition coefficient (Wildman–Crippen LogP) is 8.90. The summed E-state index contributed by atoms with van der Waals surface area (Å²) in [6.45, 7) is 4.72. The third kappa shape index (κ3) is 7.59. The number of hydrogen-bond donors (Lipinski definition) is 3. The number of halogens is 9. The van der Waals surface area contributed by atoms with Crippen molar-refractivity contribution in [3.8, 4) is 0 Å². The number of benzene rings is 3. The molecule has 3 aromatic rings. The van der Waals surface area contributed by atoms with E-state index in [0.29, 0.717) is 12.1 Å². The van der Waals surface area contributed by atoms with Crippen molar-refractivity contribution in [3.05, 3.63) is 87.7 Å². The monoisotopic (exact) mass is 695 g/mol. The van der Waals surface area contributed by atoms with E-state index in [4.69, 9.17) is 39.5 Å². The Morgan fingerprint density at radius 3 is 2.13 bits per heavy atom. The minimum Gasteiger partial charge on any atom is -0.444 e.